The first-order valence-corrected chi connectivity index (χ1v) is 9.86. The second kappa shape index (κ2) is 6.45. The molecule has 0 radical (unpaired) electrons. The summed E-state index contributed by atoms with van der Waals surface area (Å²) in [5, 5.41) is 1.12. The first-order chi connectivity index (χ1) is 12.7. The molecule has 4 nitrogen and oxygen atoms in total. The highest BCUT2D eigenvalue weighted by atomic mass is 19.1. The Morgan fingerprint density at radius 3 is 2.44 bits per heavy atom. The topological polar surface area (TPSA) is 40.5 Å². The van der Waals surface area contributed by atoms with Gasteiger partial charge in [0.05, 0.1) is 11.2 Å². The standard InChI is InChI=1S/C21H27BFNO3/c1-20(2)21(3,4)27-22(26-20)17-13-16-15(12-18(17)23)9-11-24(19(16)25)10-8-14-6-5-7-14/h9,11-14H,5-8,10H2,1-4H3. The van der Waals surface area contributed by atoms with E-state index in [-0.39, 0.29) is 11.0 Å². The van der Waals surface area contributed by atoms with Crippen molar-refractivity contribution in [1.29, 1.82) is 0 Å². The van der Waals surface area contributed by atoms with Gasteiger partial charge >= 0.3 is 7.12 Å². The SMILES string of the molecule is CC1(C)OB(c2cc3c(=O)n(CCC4CCC4)ccc3cc2F)OC1(C)C. The third-order valence-corrected chi connectivity index (χ3v) is 6.60. The number of halogens is 1. The highest BCUT2D eigenvalue weighted by Crippen LogP contribution is 2.36. The molecule has 1 saturated carbocycles. The van der Waals surface area contributed by atoms with Gasteiger partial charge in [-0.15, -0.1) is 0 Å². The zero-order valence-electron chi connectivity index (χ0n) is 16.5. The predicted octanol–water partition coefficient (Wildman–Crippen LogP) is 3.63. The number of benzene rings is 1. The number of fused-ring (bicyclic) bond motifs is 1. The number of aromatic nitrogens is 1. The molecular formula is C21H27BFNO3. The Morgan fingerprint density at radius 2 is 1.85 bits per heavy atom. The summed E-state index contributed by atoms with van der Waals surface area (Å²) in [6, 6.07) is 4.83. The number of aryl methyl sites for hydroxylation is 1. The Kier molecular flexibility index (Phi) is 4.47. The monoisotopic (exact) mass is 371 g/mol. The molecule has 2 heterocycles. The van der Waals surface area contributed by atoms with Crippen LogP contribution in [0.25, 0.3) is 10.8 Å². The molecule has 1 saturated heterocycles. The van der Waals surface area contributed by atoms with Crippen molar-refractivity contribution in [1.82, 2.24) is 4.57 Å². The molecule has 1 aromatic heterocycles. The Bertz CT molecular complexity index is 917. The van der Waals surface area contributed by atoms with Crippen LogP contribution in [0.5, 0.6) is 0 Å². The van der Waals surface area contributed by atoms with Crippen LogP contribution >= 0.6 is 0 Å². The van der Waals surface area contributed by atoms with E-state index >= 15 is 0 Å². The lowest BCUT2D eigenvalue weighted by molar-refractivity contribution is 0.00578. The zero-order chi connectivity index (χ0) is 19.4. The van der Waals surface area contributed by atoms with Crippen molar-refractivity contribution in [3.8, 4) is 0 Å². The smallest absolute Gasteiger partial charge is 0.399 e. The Morgan fingerprint density at radius 1 is 1.19 bits per heavy atom. The summed E-state index contributed by atoms with van der Waals surface area (Å²) < 4.78 is 28.4. The molecule has 0 N–H and O–H groups in total. The van der Waals surface area contributed by atoms with Crippen LogP contribution in [0.1, 0.15) is 53.4 Å². The van der Waals surface area contributed by atoms with Crippen molar-refractivity contribution in [3.05, 3.63) is 40.6 Å². The minimum absolute atomic E-state index is 0.0791. The van der Waals surface area contributed by atoms with Crippen LogP contribution in [0, 0.1) is 11.7 Å². The minimum atomic E-state index is -0.817. The van der Waals surface area contributed by atoms with E-state index in [1.165, 1.54) is 25.3 Å². The van der Waals surface area contributed by atoms with Crippen LogP contribution in [-0.2, 0) is 15.9 Å². The average molecular weight is 371 g/mol. The van der Waals surface area contributed by atoms with Crippen molar-refractivity contribution >= 4 is 23.4 Å². The molecule has 1 aromatic carbocycles. The highest BCUT2D eigenvalue weighted by Gasteiger charge is 2.52. The molecule has 2 fully saturated rings. The molecule has 0 spiro atoms. The lowest BCUT2D eigenvalue weighted by Crippen LogP contribution is -2.41. The number of hydrogen-bond acceptors (Lipinski definition) is 3. The van der Waals surface area contributed by atoms with Gasteiger partial charge in [-0.25, -0.2) is 4.39 Å². The first kappa shape index (κ1) is 18.7. The molecule has 0 bridgehead atoms. The first-order valence-electron chi connectivity index (χ1n) is 9.86. The van der Waals surface area contributed by atoms with Gasteiger partial charge in [0, 0.05) is 23.6 Å². The van der Waals surface area contributed by atoms with Crippen LogP contribution in [0.4, 0.5) is 4.39 Å². The van der Waals surface area contributed by atoms with Gasteiger partial charge in [0.25, 0.3) is 5.56 Å². The van der Waals surface area contributed by atoms with Gasteiger partial charge in [-0.3, -0.25) is 4.79 Å². The van der Waals surface area contributed by atoms with E-state index in [1.807, 2.05) is 33.8 Å². The minimum Gasteiger partial charge on any atom is -0.399 e. The van der Waals surface area contributed by atoms with Gasteiger partial charge in [-0.1, -0.05) is 19.3 Å². The molecule has 0 unspecified atom stereocenters. The van der Waals surface area contributed by atoms with Crippen LogP contribution < -0.4 is 11.0 Å². The summed E-state index contributed by atoms with van der Waals surface area (Å²) in [6.45, 7) is 8.43. The third kappa shape index (κ3) is 3.23. The fourth-order valence-corrected chi connectivity index (χ4v) is 3.75. The van der Waals surface area contributed by atoms with E-state index in [0.29, 0.717) is 17.3 Å². The van der Waals surface area contributed by atoms with E-state index in [1.54, 1.807) is 16.8 Å². The highest BCUT2D eigenvalue weighted by molar-refractivity contribution is 6.62. The molecule has 2 aliphatic rings. The molecule has 144 valence electrons. The maximum Gasteiger partial charge on any atom is 0.497 e. The van der Waals surface area contributed by atoms with Crippen LogP contribution in [0.2, 0.25) is 0 Å². The summed E-state index contributed by atoms with van der Waals surface area (Å²) in [4.78, 5) is 12.9. The van der Waals surface area contributed by atoms with Crippen molar-refractivity contribution in [2.45, 2.75) is 71.1 Å². The predicted molar refractivity (Wildman–Crippen MR) is 106 cm³/mol. The molecular weight excluding hydrogens is 344 g/mol. The molecule has 4 rings (SSSR count). The molecule has 1 aliphatic heterocycles. The second-order valence-corrected chi connectivity index (χ2v) is 8.95. The van der Waals surface area contributed by atoms with E-state index in [4.69, 9.17) is 9.31 Å². The van der Waals surface area contributed by atoms with Crippen LogP contribution in [-0.4, -0.2) is 22.9 Å². The molecule has 0 amide bonds. The second-order valence-electron chi connectivity index (χ2n) is 8.95. The maximum absolute atomic E-state index is 14.7. The average Bonchev–Trinajstić information content (AvgIpc) is 2.75. The van der Waals surface area contributed by atoms with Crippen LogP contribution in [0.3, 0.4) is 0 Å². The number of nitrogens with zero attached hydrogens (tertiary/aromatic N) is 1. The summed E-state index contributed by atoms with van der Waals surface area (Å²) in [5.41, 5.74) is -0.906. The Balaban J connectivity index is 1.69. The van der Waals surface area contributed by atoms with Gasteiger partial charge < -0.3 is 13.9 Å². The van der Waals surface area contributed by atoms with E-state index in [0.717, 1.165) is 12.3 Å². The van der Waals surface area contributed by atoms with Gasteiger partial charge in [0.2, 0.25) is 0 Å². The summed E-state index contributed by atoms with van der Waals surface area (Å²) in [5.74, 6) is 0.328. The zero-order valence-corrected chi connectivity index (χ0v) is 16.5. The van der Waals surface area contributed by atoms with E-state index in [9.17, 15) is 9.18 Å². The van der Waals surface area contributed by atoms with Gasteiger partial charge in [0.15, 0.2) is 0 Å². The van der Waals surface area contributed by atoms with E-state index < -0.39 is 24.1 Å². The Hall–Kier alpha value is -1.66. The van der Waals surface area contributed by atoms with Gasteiger partial charge in [-0.05, 0) is 63.6 Å². The van der Waals surface area contributed by atoms with Crippen molar-refractivity contribution in [2.75, 3.05) is 0 Å². The number of rotatable bonds is 4. The molecule has 27 heavy (non-hydrogen) atoms. The summed E-state index contributed by atoms with van der Waals surface area (Å²) >= 11 is 0. The fourth-order valence-electron chi connectivity index (χ4n) is 3.75. The summed E-state index contributed by atoms with van der Waals surface area (Å²) in [7, 11) is -0.817. The quantitative estimate of drug-likeness (QED) is 0.771. The van der Waals surface area contributed by atoms with Crippen LogP contribution in [0.15, 0.2) is 29.2 Å². The normalized spacial score (nSPS) is 21.6. The van der Waals surface area contributed by atoms with Gasteiger partial charge in [-0.2, -0.15) is 0 Å². The van der Waals surface area contributed by atoms with Crippen molar-refractivity contribution in [3.63, 3.8) is 0 Å². The Labute approximate surface area is 159 Å². The molecule has 6 heteroatoms. The molecule has 1 aliphatic carbocycles. The fraction of sp³-hybridized carbons (Fsp3) is 0.571. The number of pyridine rings is 1. The third-order valence-electron chi connectivity index (χ3n) is 6.60. The molecule has 2 aromatic rings. The lowest BCUT2D eigenvalue weighted by atomic mass is 9.78. The van der Waals surface area contributed by atoms with E-state index in [2.05, 4.69) is 0 Å². The largest absolute Gasteiger partial charge is 0.497 e. The van der Waals surface area contributed by atoms with Crippen molar-refractivity contribution in [2.24, 2.45) is 5.92 Å². The van der Waals surface area contributed by atoms with Gasteiger partial charge in [0.1, 0.15) is 5.82 Å². The van der Waals surface area contributed by atoms with Crippen molar-refractivity contribution < 1.29 is 13.7 Å². The lowest BCUT2D eigenvalue weighted by Gasteiger charge is -2.32. The summed E-state index contributed by atoms with van der Waals surface area (Å²) in [6.07, 6.45) is 6.63. The maximum atomic E-state index is 14.7. The number of hydrogen-bond donors (Lipinski definition) is 0. The molecule has 0 atom stereocenters.